The number of hydrogen-bond acceptors (Lipinski definition) is 5. The summed E-state index contributed by atoms with van der Waals surface area (Å²) in [6, 6.07) is 23.4. The Labute approximate surface area is 276 Å². The lowest BCUT2D eigenvalue weighted by atomic mass is 9.92. The normalized spacial score (nSPS) is 12.3. The molecule has 3 aromatic carbocycles. The molecule has 8 nitrogen and oxygen atoms in total. The van der Waals surface area contributed by atoms with Crippen LogP contribution in [0.2, 0.25) is 5.02 Å². The van der Waals surface area contributed by atoms with Crippen LogP contribution in [0.1, 0.15) is 71.8 Å². The molecular formula is C37H42ClN5O3. The molecule has 2 N–H and O–H groups in total. The van der Waals surface area contributed by atoms with Crippen LogP contribution in [0.15, 0.2) is 79.0 Å². The molecule has 0 radical (unpaired) electrons. The van der Waals surface area contributed by atoms with Crippen molar-refractivity contribution in [2.75, 3.05) is 6.61 Å². The van der Waals surface area contributed by atoms with E-state index in [2.05, 4.69) is 54.6 Å². The number of aromatic nitrogens is 4. The minimum Gasteiger partial charge on any atom is -0.386 e. The Kier molecular flexibility index (Phi) is 10.1. The molecule has 5 rings (SSSR count). The fourth-order valence-corrected chi connectivity index (χ4v) is 5.90. The summed E-state index contributed by atoms with van der Waals surface area (Å²) in [5, 5.41) is 23.3. The second kappa shape index (κ2) is 14.0. The summed E-state index contributed by atoms with van der Waals surface area (Å²) in [6.07, 6.45) is 3.03. The molecule has 0 bridgehead atoms. The van der Waals surface area contributed by atoms with Gasteiger partial charge in [0.05, 0.1) is 17.3 Å². The second-order valence-corrected chi connectivity index (χ2v) is 12.6. The molecule has 2 aromatic heterocycles. The van der Waals surface area contributed by atoms with Gasteiger partial charge in [0.1, 0.15) is 12.4 Å². The number of nitrogens with zero attached hydrogens (tertiary/aromatic N) is 4. The van der Waals surface area contributed by atoms with Crippen LogP contribution in [0, 0.1) is 13.8 Å². The molecule has 0 spiro atoms. The van der Waals surface area contributed by atoms with Crippen molar-refractivity contribution < 1.29 is 14.6 Å². The first-order chi connectivity index (χ1) is 22.0. The maximum atomic E-state index is 13.4. The molecule has 5 aromatic rings. The summed E-state index contributed by atoms with van der Waals surface area (Å²) < 4.78 is 9.20. The fraction of sp³-hybridized carbons (Fsp3) is 0.324. The summed E-state index contributed by atoms with van der Waals surface area (Å²) in [6.45, 7) is 10.8. The van der Waals surface area contributed by atoms with Gasteiger partial charge in [-0.2, -0.15) is 10.2 Å². The van der Waals surface area contributed by atoms with Crippen LogP contribution in [-0.2, 0) is 30.5 Å². The summed E-state index contributed by atoms with van der Waals surface area (Å²) in [5.74, 6) is -0.223. The van der Waals surface area contributed by atoms with Crippen molar-refractivity contribution in [1.82, 2.24) is 24.9 Å². The lowest BCUT2D eigenvalue weighted by Crippen LogP contribution is -2.31. The van der Waals surface area contributed by atoms with E-state index in [1.807, 2.05) is 48.0 Å². The lowest BCUT2D eigenvalue weighted by molar-refractivity contribution is 0.0678. The number of ether oxygens (including phenoxy) is 1. The average molecular weight is 640 g/mol. The van der Waals surface area contributed by atoms with E-state index in [0.717, 1.165) is 56.8 Å². The Morgan fingerprint density at radius 3 is 2.41 bits per heavy atom. The van der Waals surface area contributed by atoms with Gasteiger partial charge in [0.15, 0.2) is 0 Å². The van der Waals surface area contributed by atoms with Gasteiger partial charge in [0.2, 0.25) is 0 Å². The van der Waals surface area contributed by atoms with Crippen LogP contribution < -0.4 is 5.32 Å². The number of nitrogens with one attached hydrogen (secondary N) is 1. The summed E-state index contributed by atoms with van der Waals surface area (Å²) >= 11 is 6.78. The van der Waals surface area contributed by atoms with Crippen molar-refractivity contribution in [1.29, 1.82) is 0 Å². The van der Waals surface area contributed by atoms with Crippen LogP contribution >= 0.6 is 11.6 Å². The number of rotatable bonds is 12. The molecule has 46 heavy (non-hydrogen) atoms. The molecular weight excluding hydrogens is 598 g/mol. The van der Waals surface area contributed by atoms with E-state index in [1.54, 1.807) is 37.8 Å². The first-order valence-corrected chi connectivity index (χ1v) is 16.0. The summed E-state index contributed by atoms with van der Waals surface area (Å²) in [4.78, 5) is 13.4. The molecule has 1 unspecified atom stereocenters. The molecule has 0 saturated heterocycles. The monoisotopic (exact) mass is 639 g/mol. The van der Waals surface area contributed by atoms with Gasteiger partial charge in [-0.1, -0.05) is 67.1 Å². The van der Waals surface area contributed by atoms with Crippen LogP contribution in [0.25, 0.3) is 22.3 Å². The van der Waals surface area contributed by atoms with Crippen molar-refractivity contribution >= 4 is 17.5 Å². The van der Waals surface area contributed by atoms with Gasteiger partial charge < -0.3 is 15.2 Å². The molecule has 0 fully saturated rings. The van der Waals surface area contributed by atoms with E-state index in [4.69, 9.17) is 21.4 Å². The molecule has 0 aliphatic rings. The van der Waals surface area contributed by atoms with Crippen molar-refractivity contribution in [2.24, 2.45) is 7.05 Å². The van der Waals surface area contributed by atoms with Crippen LogP contribution in [0.3, 0.4) is 0 Å². The highest BCUT2D eigenvalue weighted by atomic mass is 35.5. The number of aliphatic hydroxyl groups is 1. The number of carbonyl (C=O) groups excluding carboxylic acids is 1. The molecule has 0 aliphatic heterocycles. The maximum Gasteiger partial charge on any atom is 0.270 e. The van der Waals surface area contributed by atoms with Crippen LogP contribution in [0.5, 0.6) is 0 Å². The number of aryl methyl sites for hydroxylation is 2. The first-order valence-electron chi connectivity index (χ1n) is 15.6. The van der Waals surface area contributed by atoms with Gasteiger partial charge in [-0.3, -0.25) is 9.48 Å². The average Bonchev–Trinajstić information content (AvgIpc) is 3.59. The summed E-state index contributed by atoms with van der Waals surface area (Å²) in [7, 11) is 1.75. The Hall–Kier alpha value is -4.24. The van der Waals surface area contributed by atoms with Gasteiger partial charge >= 0.3 is 0 Å². The number of halogens is 1. The van der Waals surface area contributed by atoms with Crippen molar-refractivity contribution in [3.05, 3.63) is 118 Å². The van der Waals surface area contributed by atoms with E-state index in [9.17, 15) is 9.90 Å². The lowest BCUT2D eigenvalue weighted by Gasteiger charge is -2.22. The van der Waals surface area contributed by atoms with Crippen LogP contribution in [-0.4, -0.2) is 37.2 Å². The fourth-order valence-electron chi connectivity index (χ4n) is 5.71. The van der Waals surface area contributed by atoms with E-state index in [0.29, 0.717) is 30.5 Å². The van der Waals surface area contributed by atoms with Gasteiger partial charge in [0.25, 0.3) is 5.91 Å². The Morgan fingerprint density at radius 2 is 1.74 bits per heavy atom. The largest absolute Gasteiger partial charge is 0.386 e. The van der Waals surface area contributed by atoms with Crippen molar-refractivity contribution in [3.63, 3.8) is 0 Å². The number of hydrogen-bond donors (Lipinski definition) is 2. The number of carbonyl (C=O) groups is 1. The van der Waals surface area contributed by atoms with Gasteiger partial charge in [0, 0.05) is 36.1 Å². The molecule has 240 valence electrons. The predicted molar refractivity (Wildman–Crippen MR) is 183 cm³/mol. The molecule has 0 aliphatic carbocycles. The zero-order valence-electron chi connectivity index (χ0n) is 27.3. The zero-order valence-corrected chi connectivity index (χ0v) is 28.1. The predicted octanol–water partition coefficient (Wildman–Crippen LogP) is 7.55. The van der Waals surface area contributed by atoms with Crippen molar-refractivity contribution in [2.45, 2.75) is 65.8 Å². The minimum atomic E-state index is -0.961. The highest BCUT2D eigenvalue weighted by Gasteiger charge is 2.22. The third kappa shape index (κ3) is 7.41. The number of benzene rings is 3. The van der Waals surface area contributed by atoms with Gasteiger partial charge in [-0.05, 0) is 98.2 Å². The van der Waals surface area contributed by atoms with Crippen molar-refractivity contribution in [3.8, 4) is 22.3 Å². The van der Waals surface area contributed by atoms with Gasteiger partial charge in [-0.25, -0.2) is 4.68 Å². The number of amides is 1. The third-order valence-electron chi connectivity index (χ3n) is 8.28. The van der Waals surface area contributed by atoms with Crippen LogP contribution in [0.4, 0.5) is 0 Å². The minimum absolute atomic E-state index is 0.223. The second-order valence-electron chi connectivity index (χ2n) is 12.2. The van der Waals surface area contributed by atoms with E-state index >= 15 is 0 Å². The Bertz CT molecular complexity index is 1820. The first kappa shape index (κ1) is 33.1. The Balaban J connectivity index is 1.47. The summed E-state index contributed by atoms with van der Waals surface area (Å²) in [5.41, 5.74) is 8.22. The highest BCUT2D eigenvalue weighted by Crippen LogP contribution is 2.33. The standard InChI is InChI=1S/C37H42ClN5O3/c1-7-19-46-23-43-25(3)35(24(2)41-43)27-13-11-26(12-14-27)33(40-36(44)34-17-18-39-42(34)6)22-30-20-29(15-16-32(30)38)28-9-8-10-31(21-28)37(4,5)45/h8-18,20-21,33,45H,7,19,22-23H2,1-6H3,(H,40,44). The molecule has 9 heteroatoms. The molecule has 1 amide bonds. The molecule has 0 saturated carbocycles. The molecule has 2 heterocycles. The zero-order chi connectivity index (χ0) is 33.0. The quantitative estimate of drug-likeness (QED) is 0.138. The third-order valence-corrected chi connectivity index (χ3v) is 8.64. The highest BCUT2D eigenvalue weighted by molar-refractivity contribution is 6.31. The van der Waals surface area contributed by atoms with E-state index in [1.165, 1.54) is 0 Å². The van der Waals surface area contributed by atoms with Gasteiger partial charge in [-0.15, -0.1) is 0 Å². The maximum absolute atomic E-state index is 13.4. The van der Waals surface area contributed by atoms with E-state index in [-0.39, 0.29) is 11.9 Å². The topological polar surface area (TPSA) is 94.2 Å². The molecule has 1 atom stereocenters. The smallest absolute Gasteiger partial charge is 0.270 e. The van der Waals surface area contributed by atoms with E-state index < -0.39 is 5.60 Å². The Morgan fingerprint density at radius 1 is 1.02 bits per heavy atom. The SMILES string of the molecule is CCCOCn1nc(C)c(-c2ccc(C(Cc3cc(-c4cccc(C(C)(C)O)c4)ccc3Cl)NC(=O)c3ccnn3C)cc2)c1C.